The van der Waals surface area contributed by atoms with Crippen molar-refractivity contribution in [3.63, 3.8) is 0 Å². The highest BCUT2D eigenvalue weighted by Gasteiger charge is 2.60. The van der Waals surface area contributed by atoms with Crippen LogP contribution < -0.4 is 0 Å². The molecule has 1 aromatic rings. The van der Waals surface area contributed by atoms with E-state index in [4.69, 9.17) is 0 Å². The largest absolute Gasteiger partial charge is 0.307 e. The smallest absolute Gasteiger partial charge is 0.283 e. The van der Waals surface area contributed by atoms with Gasteiger partial charge in [-0.05, 0) is 42.9 Å². The van der Waals surface area contributed by atoms with Gasteiger partial charge in [0.05, 0.1) is 0 Å². The van der Waals surface area contributed by atoms with Gasteiger partial charge < -0.3 is 5.21 Å². The van der Waals surface area contributed by atoms with Crippen molar-refractivity contribution in [2.75, 3.05) is 0 Å². The Hall–Kier alpha value is -1.46. The Morgan fingerprint density at radius 3 is 2.00 bits per heavy atom. The second kappa shape index (κ2) is 3.76. The number of benzene rings is 1. The summed E-state index contributed by atoms with van der Waals surface area (Å²) in [5, 5.41) is 21.5. The molecule has 1 aliphatic heterocycles. The maximum absolute atomic E-state index is 12.9. The van der Waals surface area contributed by atoms with Crippen molar-refractivity contribution in [1.82, 2.24) is 5.06 Å². The van der Waals surface area contributed by atoms with E-state index < -0.39 is 11.2 Å². The fraction of sp³-hybridized carbons (Fsp3) is 0.462. The van der Waals surface area contributed by atoms with Gasteiger partial charge in [-0.25, -0.2) is 4.39 Å². The average molecular weight is 253 g/mol. The van der Waals surface area contributed by atoms with Crippen LogP contribution in [0.15, 0.2) is 24.3 Å². The molecule has 0 aliphatic carbocycles. The normalized spacial score (nSPS) is 22.6. The van der Waals surface area contributed by atoms with Crippen molar-refractivity contribution in [2.45, 2.75) is 38.9 Å². The molecule has 0 radical (unpaired) electrons. The fourth-order valence-electron chi connectivity index (χ4n) is 2.49. The van der Waals surface area contributed by atoms with E-state index in [0.29, 0.717) is 11.3 Å². The van der Waals surface area contributed by atoms with Gasteiger partial charge in [0.2, 0.25) is 0 Å². The molecule has 5 heteroatoms. The summed E-state index contributed by atoms with van der Waals surface area (Å²) in [6.45, 7) is 6.99. The van der Waals surface area contributed by atoms with Gasteiger partial charge in [-0.3, -0.25) is 5.21 Å². The van der Waals surface area contributed by atoms with E-state index in [1.165, 1.54) is 12.1 Å². The SMILES string of the molecule is CC1(C)C(c2ccc(F)cc2)=[N+](O)C(C)(C)N1O. The fourth-order valence-corrected chi connectivity index (χ4v) is 2.49. The zero-order chi connectivity index (χ0) is 13.7. The molecule has 98 valence electrons. The summed E-state index contributed by atoms with van der Waals surface area (Å²) in [4.78, 5) is 0. The van der Waals surface area contributed by atoms with Gasteiger partial charge in [0, 0.05) is 19.4 Å². The van der Waals surface area contributed by atoms with Crippen molar-refractivity contribution in [3.05, 3.63) is 35.6 Å². The van der Waals surface area contributed by atoms with Crippen LogP contribution in [0.1, 0.15) is 33.3 Å². The number of halogens is 1. The van der Waals surface area contributed by atoms with E-state index in [9.17, 15) is 14.8 Å². The molecule has 2 N–H and O–H groups in total. The van der Waals surface area contributed by atoms with Gasteiger partial charge in [-0.1, -0.05) is 0 Å². The predicted octanol–water partition coefficient (Wildman–Crippen LogP) is 2.24. The number of hydroxylamine groups is 3. The second-order valence-corrected chi connectivity index (χ2v) is 5.53. The van der Waals surface area contributed by atoms with Crippen LogP contribution in [0.4, 0.5) is 4.39 Å². The van der Waals surface area contributed by atoms with Crippen molar-refractivity contribution >= 4 is 5.71 Å². The van der Waals surface area contributed by atoms with Crippen molar-refractivity contribution < 1.29 is 19.5 Å². The Bertz CT molecular complexity index is 506. The predicted molar refractivity (Wildman–Crippen MR) is 64.3 cm³/mol. The van der Waals surface area contributed by atoms with Crippen LogP contribution in [0.25, 0.3) is 0 Å². The highest BCUT2D eigenvalue weighted by Crippen LogP contribution is 2.34. The Kier molecular flexibility index (Phi) is 2.72. The molecule has 0 unspecified atom stereocenters. The monoisotopic (exact) mass is 253 g/mol. The molecule has 1 heterocycles. The third-order valence-electron chi connectivity index (χ3n) is 3.48. The molecular formula is C13H18FN2O2+. The molecule has 0 aromatic heterocycles. The molecule has 1 aliphatic rings. The lowest BCUT2D eigenvalue weighted by atomic mass is 9.93. The highest BCUT2D eigenvalue weighted by atomic mass is 19.1. The van der Waals surface area contributed by atoms with Crippen molar-refractivity contribution in [1.29, 1.82) is 0 Å². The van der Waals surface area contributed by atoms with Crippen LogP contribution in [0.3, 0.4) is 0 Å². The standard InChI is InChI=1S/C13H18FN2O2/c1-12(2)11(9-5-7-10(14)8-6-9)15(17)13(3,4)16(12)18/h5-8,17-18H,1-4H3/q+1. The Morgan fingerprint density at radius 2 is 1.61 bits per heavy atom. The van der Waals surface area contributed by atoms with Crippen LogP contribution in [-0.2, 0) is 0 Å². The molecule has 0 fully saturated rings. The molecule has 0 spiro atoms. The van der Waals surface area contributed by atoms with Gasteiger partial charge in [-0.2, -0.15) is 0 Å². The summed E-state index contributed by atoms with van der Waals surface area (Å²) in [6, 6.07) is 5.84. The van der Waals surface area contributed by atoms with Gasteiger partial charge in [-0.15, -0.1) is 5.06 Å². The maximum Gasteiger partial charge on any atom is 0.283 e. The third-order valence-corrected chi connectivity index (χ3v) is 3.48. The number of hydrogen-bond acceptors (Lipinski definition) is 3. The maximum atomic E-state index is 12.9. The molecule has 0 saturated heterocycles. The molecule has 4 nitrogen and oxygen atoms in total. The topological polar surface area (TPSA) is 46.7 Å². The van der Waals surface area contributed by atoms with Crippen molar-refractivity contribution in [3.8, 4) is 0 Å². The average Bonchev–Trinajstić information content (AvgIpc) is 2.40. The molecule has 0 bridgehead atoms. The Morgan fingerprint density at radius 1 is 1.11 bits per heavy atom. The molecule has 18 heavy (non-hydrogen) atoms. The van der Waals surface area contributed by atoms with E-state index in [2.05, 4.69) is 0 Å². The third kappa shape index (κ3) is 1.62. The summed E-state index contributed by atoms with van der Waals surface area (Å²) in [5.41, 5.74) is -0.493. The van der Waals surface area contributed by atoms with E-state index in [1.807, 2.05) is 0 Å². The van der Waals surface area contributed by atoms with E-state index >= 15 is 0 Å². The summed E-state index contributed by atoms with van der Waals surface area (Å²) in [7, 11) is 0. The van der Waals surface area contributed by atoms with Gasteiger partial charge >= 0.3 is 0 Å². The molecular weight excluding hydrogens is 235 g/mol. The quantitative estimate of drug-likeness (QED) is 0.596. The minimum absolute atomic E-state index is 0.334. The number of nitrogens with zero attached hydrogens (tertiary/aromatic N) is 2. The van der Waals surface area contributed by atoms with Gasteiger partial charge in [0.25, 0.3) is 11.4 Å². The summed E-state index contributed by atoms with van der Waals surface area (Å²) < 4.78 is 14.0. The minimum atomic E-state index is -0.937. The van der Waals surface area contributed by atoms with E-state index in [0.717, 1.165) is 9.80 Å². The lowest BCUT2D eigenvalue weighted by Crippen LogP contribution is -2.51. The number of rotatable bonds is 1. The lowest BCUT2D eigenvalue weighted by Gasteiger charge is -2.27. The summed E-state index contributed by atoms with van der Waals surface area (Å²) >= 11 is 0. The first-order valence-corrected chi connectivity index (χ1v) is 5.80. The van der Waals surface area contributed by atoms with Crippen molar-refractivity contribution in [2.24, 2.45) is 0 Å². The second-order valence-electron chi connectivity index (χ2n) is 5.53. The lowest BCUT2D eigenvalue weighted by molar-refractivity contribution is -0.835. The molecule has 1 aromatic carbocycles. The Labute approximate surface area is 106 Å². The molecule has 0 atom stereocenters. The molecule has 0 saturated carbocycles. The van der Waals surface area contributed by atoms with Crippen LogP contribution in [0.5, 0.6) is 0 Å². The van der Waals surface area contributed by atoms with E-state index in [-0.39, 0.29) is 5.82 Å². The zero-order valence-corrected chi connectivity index (χ0v) is 11.0. The molecule has 0 amide bonds. The highest BCUT2D eigenvalue weighted by molar-refractivity contribution is 6.04. The van der Waals surface area contributed by atoms with E-state index in [1.54, 1.807) is 39.8 Å². The zero-order valence-electron chi connectivity index (χ0n) is 11.0. The van der Waals surface area contributed by atoms with Crippen LogP contribution >= 0.6 is 0 Å². The van der Waals surface area contributed by atoms with Gasteiger partial charge in [0.1, 0.15) is 11.4 Å². The first kappa shape index (κ1) is 13.0. The van der Waals surface area contributed by atoms with Crippen LogP contribution in [0, 0.1) is 5.82 Å². The first-order chi connectivity index (χ1) is 8.19. The summed E-state index contributed by atoms with van der Waals surface area (Å²) in [5.74, 6) is -0.334. The first-order valence-electron chi connectivity index (χ1n) is 5.80. The van der Waals surface area contributed by atoms with Gasteiger partial charge in [0.15, 0.2) is 0 Å². The minimum Gasteiger partial charge on any atom is -0.307 e. The number of hydrogen-bond donors (Lipinski definition) is 2. The summed E-state index contributed by atoms with van der Waals surface area (Å²) in [6.07, 6.45) is 0. The Balaban J connectivity index is 2.61. The van der Waals surface area contributed by atoms with Crippen LogP contribution in [0.2, 0.25) is 0 Å². The molecule has 2 rings (SSSR count). The van der Waals surface area contributed by atoms with Crippen LogP contribution in [-0.4, -0.2) is 37.1 Å².